The number of aryl methyl sites for hydroxylation is 1. The van der Waals surface area contributed by atoms with Gasteiger partial charge >= 0.3 is 0 Å². The highest BCUT2D eigenvalue weighted by Gasteiger charge is 2.19. The van der Waals surface area contributed by atoms with Crippen LogP contribution in [0.3, 0.4) is 0 Å². The number of nitrogens with zero attached hydrogens (tertiary/aromatic N) is 2. The molecule has 0 aliphatic heterocycles. The first-order valence-electron chi connectivity index (χ1n) is 5.37. The summed E-state index contributed by atoms with van der Waals surface area (Å²) < 4.78 is 37.0. The number of rotatable bonds is 3. The highest BCUT2D eigenvalue weighted by atomic mass is 32.2. The molecule has 0 saturated heterocycles. The molecule has 1 amide bonds. The van der Waals surface area contributed by atoms with Crippen molar-refractivity contribution in [2.75, 3.05) is 6.26 Å². The van der Waals surface area contributed by atoms with Crippen molar-refractivity contribution >= 4 is 27.3 Å². The van der Waals surface area contributed by atoms with Crippen LogP contribution in [0, 0.1) is 12.7 Å². The molecule has 0 spiro atoms. The van der Waals surface area contributed by atoms with Crippen LogP contribution in [0.15, 0.2) is 18.5 Å². The highest BCUT2D eigenvalue weighted by Crippen LogP contribution is 2.27. The van der Waals surface area contributed by atoms with Crippen LogP contribution in [0.5, 0.6) is 0 Å². The molecule has 6 nitrogen and oxygen atoms in total. The predicted octanol–water partition coefficient (Wildman–Crippen LogP) is 1.34. The molecular formula is C11H10FN3O3S2. The Morgan fingerprint density at radius 1 is 1.40 bits per heavy atom. The van der Waals surface area contributed by atoms with Crippen molar-refractivity contribution in [3.05, 3.63) is 34.8 Å². The van der Waals surface area contributed by atoms with E-state index in [0.717, 1.165) is 23.8 Å². The molecule has 2 rings (SSSR count). The topological polar surface area (TPSA) is 89.0 Å². The van der Waals surface area contributed by atoms with E-state index < -0.39 is 21.7 Å². The summed E-state index contributed by atoms with van der Waals surface area (Å²) in [5.41, 5.74) is 0.798. The summed E-state index contributed by atoms with van der Waals surface area (Å²) in [6.45, 7) is 1.57. The van der Waals surface area contributed by atoms with Crippen LogP contribution >= 0.6 is 11.3 Å². The number of hydrogen-bond acceptors (Lipinski definition) is 6. The van der Waals surface area contributed by atoms with Gasteiger partial charge in [0.15, 0.2) is 0 Å². The summed E-state index contributed by atoms with van der Waals surface area (Å²) in [6.07, 6.45) is 3.36. The van der Waals surface area contributed by atoms with Crippen LogP contribution in [0.1, 0.15) is 15.4 Å². The summed E-state index contributed by atoms with van der Waals surface area (Å²) in [5, 5.41) is 0.396. The van der Waals surface area contributed by atoms with Crippen molar-refractivity contribution in [3.63, 3.8) is 0 Å². The van der Waals surface area contributed by atoms with Gasteiger partial charge in [-0.3, -0.25) is 9.78 Å². The molecular weight excluding hydrogens is 305 g/mol. The maximum atomic E-state index is 13.1. The first-order chi connectivity index (χ1) is 9.26. The fourth-order valence-corrected chi connectivity index (χ4v) is 2.92. The Balaban J connectivity index is 2.37. The van der Waals surface area contributed by atoms with Crippen LogP contribution in [0.2, 0.25) is 0 Å². The minimum absolute atomic E-state index is 0.162. The zero-order chi connectivity index (χ0) is 14.9. The number of hydrogen-bond donors (Lipinski definition) is 1. The maximum absolute atomic E-state index is 13.1. The minimum Gasteiger partial charge on any atom is -0.267 e. The second kappa shape index (κ2) is 5.25. The van der Waals surface area contributed by atoms with Gasteiger partial charge in [0.2, 0.25) is 10.0 Å². The van der Waals surface area contributed by atoms with E-state index in [2.05, 4.69) is 9.97 Å². The Morgan fingerprint density at radius 3 is 2.70 bits per heavy atom. The molecule has 9 heteroatoms. The standard InChI is InChI=1S/C11H10FN3O3S2/c1-6-9(10(16)15-20(2,17)18)19-11(14-6)7-3-8(12)5-13-4-7/h3-5H,1-2H3,(H,15,16). The van der Waals surface area contributed by atoms with E-state index in [1.807, 2.05) is 4.72 Å². The Bertz CT molecular complexity index is 771. The lowest BCUT2D eigenvalue weighted by molar-refractivity contribution is 0.0985. The number of pyridine rings is 1. The third kappa shape index (κ3) is 3.36. The number of nitrogens with one attached hydrogen (secondary N) is 1. The molecule has 0 bridgehead atoms. The van der Waals surface area contributed by atoms with Gasteiger partial charge in [0.25, 0.3) is 5.91 Å². The molecule has 0 saturated carbocycles. The summed E-state index contributed by atoms with van der Waals surface area (Å²) in [6, 6.07) is 1.24. The first kappa shape index (κ1) is 14.5. The zero-order valence-electron chi connectivity index (χ0n) is 10.5. The van der Waals surface area contributed by atoms with Gasteiger partial charge in [-0.05, 0) is 13.0 Å². The van der Waals surface area contributed by atoms with Crippen LogP contribution in [-0.4, -0.2) is 30.5 Å². The number of aromatic nitrogens is 2. The number of carbonyl (C=O) groups excluding carboxylic acids is 1. The van der Waals surface area contributed by atoms with Gasteiger partial charge in [0.05, 0.1) is 18.1 Å². The molecule has 2 aromatic heterocycles. The first-order valence-corrected chi connectivity index (χ1v) is 8.07. The average molecular weight is 315 g/mol. The van der Waals surface area contributed by atoms with Crippen molar-refractivity contribution in [1.29, 1.82) is 0 Å². The molecule has 0 aliphatic rings. The molecule has 0 atom stereocenters. The summed E-state index contributed by atoms with van der Waals surface area (Å²) in [4.78, 5) is 19.8. The fourth-order valence-electron chi connectivity index (χ4n) is 1.47. The molecule has 106 valence electrons. The van der Waals surface area contributed by atoms with Gasteiger partial charge in [-0.25, -0.2) is 22.5 Å². The van der Waals surface area contributed by atoms with E-state index in [-0.39, 0.29) is 4.88 Å². The summed E-state index contributed by atoms with van der Waals surface area (Å²) in [5.74, 6) is -1.27. The van der Waals surface area contributed by atoms with Gasteiger partial charge in [0, 0.05) is 11.8 Å². The van der Waals surface area contributed by atoms with Gasteiger partial charge in [-0.2, -0.15) is 0 Å². The van der Waals surface area contributed by atoms with E-state index in [9.17, 15) is 17.6 Å². The molecule has 0 radical (unpaired) electrons. The maximum Gasteiger partial charge on any atom is 0.276 e. The molecule has 0 aliphatic carbocycles. The van der Waals surface area contributed by atoms with E-state index in [1.165, 1.54) is 12.3 Å². The Hall–Kier alpha value is -1.87. The second-order valence-corrected chi connectivity index (χ2v) is 6.78. The van der Waals surface area contributed by atoms with Crippen LogP contribution in [0.4, 0.5) is 4.39 Å². The average Bonchev–Trinajstić information content (AvgIpc) is 2.69. The Morgan fingerprint density at radius 2 is 2.10 bits per heavy atom. The van der Waals surface area contributed by atoms with Crippen molar-refractivity contribution in [2.24, 2.45) is 0 Å². The van der Waals surface area contributed by atoms with E-state index in [0.29, 0.717) is 16.3 Å². The normalized spacial score (nSPS) is 11.3. The lowest BCUT2D eigenvalue weighted by Crippen LogP contribution is -2.29. The van der Waals surface area contributed by atoms with E-state index in [1.54, 1.807) is 6.92 Å². The Labute approximate surface area is 118 Å². The fraction of sp³-hybridized carbons (Fsp3) is 0.182. The van der Waals surface area contributed by atoms with Crippen molar-refractivity contribution < 1.29 is 17.6 Å². The van der Waals surface area contributed by atoms with Gasteiger partial charge < -0.3 is 0 Å². The van der Waals surface area contributed by atoms with Crippen molar-refractivity contribution in [2.45, 2.75) is 6.92 Å². The molecule has 0 fully saturated rings. The van der Waals surface area contributed by atoms with E-state index in [4.69, 9.17) is 0 Å². The molecule has 20 heavy (non-hydrogen) atoms. The number of thiazole rings is 1. The smallest absolute Gasteiger partial charge is 0.267 e. The third-order valence-corrected chi connectivity index (χ3v) is 3.99. The monoisotopic (exact) mass is 315 g/mol. The summed E-state index contributed by atoms with van der Waals surface area (Å²) >= 11 is 0.976. The lowest BCUT2D eigenvalue weighted by Gasteiger charge is -1.99. The summed E-state index contributed by atoms with van der Waals surface area (Å²) in [7, 11) is -3.64. The predicted molar refractivity (Wildman–Crippen MR) is 72.4 cm³/mol. The SMILES string of the molecule is Cc1nc(-c2cncc(F)c2)sc1C(=O)NS(C)(=O)=O. The van der Waals surface area contributed by atoms with Crippen LogP contribution < -0.4 is 4.72 Å². The van der Waals surface area contributed by atoms with E-state index >= 15 is 0 Å². The minimum atomic E-state index is -3.64. The quantitative estimate of drug-likeness (QED) is 0.923. The van der Waals surface area contributed by atoms with Crippen LogP contribution in [-0.2, 0) is 10.0 Å². The van der Waals surface area contributed by atoms with Gasteiger partial charge in [-0.1, -0.05) is 0 Å². The van der Waals surface area contributed by atoms with Gasteiger partial charge in [-0.15, -0.1) is 11.3 Å². The molecule has 1 N–H and O–H groups in total. The molecule has 0 unspecified atom stereocenters. The largest absolute Gasteiger partial charge is 0.276 e. The van der Waals surface area contributed by atoms with Crippen molar-refractivity contribution in [1.82, 2.24) is 14.7 Å². The number of sulfonamides is 1. The molecule has 2 heterocycles. The second-order valence-electron chi connectivity index (χ2n) is 4.03. The Kier molecular flexibility index (Phi) is 3.82. The highest BCUT2D eigenvalue weighted by molar-refractivity contribution is 7.89. The molecule has 0 aromatic carbocycles. The lowest BCUT2D eigenvalue weighted by atomic mass is 10.3. The molecule has 2 aromatic rings. The third-order valence-electron chi connectivity index (χ3n) is 2.23. The zero-order valence-corrected chi connectivity index (χ0v) is 12.2. The van der Waals surface area contributed by atoms with Gasteiger partial charge in [0.1, 0.15) is 15.7 Å². The number of amides is 1. The number of carbonyl (C=O) groups is 1. The van der Waals surface area contributed by atoms with Crippen LogP contribution in [0.25, 0.3) is 10.6 Å². The van der Waals surface area contributed by atoms with Crippen molar-refractivity contribution in [3.8, 4) is 10.6 Å². The number of halogens is 1.